The summed E-state index contributed by atoms with van der Waals surface area (Å²) in [5.41, 5.74) is 8.74. The summed E-state index contributed by atoms with van der Waals surface area (Å²) in [6.07, 6.45) is 1.56. The van der Waals surface area contributed by atoms with E-state index in [2.05, 4.69) is 12.2 Å². The lowest BCUT2D eigenvalue weighted by Crippen LogP contribution is -2.23. The minimum absolute atomic E-state index is 0.0111. The highest BCUT2D eigenvalue weighted by atomic mass is 16.6. The molecule has 0 atom stereocenters. The standard InChI is InChI=1S/C34H32N2O5.C2H6/c1-22(2)23(3)32-20-28(33(37)35-21-25-11-18-29(19-12-25)36(40)41)17-16-27(32)15-10-24-8-13-26(14-9-24)30-6-4-5-7-31(30)34(38)39;1-2/h4-9,11-14,16-20H,10,15,21H2,1-3H3,(H,35,37)(H,38,39);1-2H3. The number of carbonyl (C=O) groups is 2. The molecule has 1 amide bonds. The summed E-state index contributed by atoms with van der Waals surface area (Å²) in [6.45, 7) is 10.4. The van der Waals surface area contributed by atoms with Gasteiger partial charge in [0.25, 0.3) is 11.6 Å². The molecule has 0 radical (unpaired) electrons. The first-order valence-electron chi connectivity index (χ1n) is 14.3. The number of rotatable bonds is 10. The zero-order valence-electron chi connectivity index (χ0n) is 25.3. The van der Waals surface area contributed by atoms with Gasteiger partial charge in [0.15, 0.2) is 0 Å². The molecule has 7 nitrogen and oxygen atoms in total. The molecular weight excluding hydrogens is 540 g/mol. The molecule has 0 fully saturated rings. The second kappa shape index (κ2) is 15.3. The fourth-order valence-corrected chi connectivity index (χ4v) is 4.63. The van der Waals surface area contributed by atoms with Gasteiger partial charge in [0.2, 0.25) is 0 Å². The molecule has 7 heteroatoms. The van der Waals surface area contributed by atoms with Crippen molar-refractivity contribution < 1.29 is 19.6 Å². The van der Waals surface area contributed by atoms with Crippen LogP contribution in [0.3, 0.4) is 0 Å². The van der Waals surface area contributed by atoms with Gasteiger partial charge in [-0.25, -0.2) is 4.79 Å². The highest BCUT2D eigenvalue weighted by Gasteiger charge is 2.14. The first-order chi connectivity index (χ1) is 20.6. The van der Waals surface area contributed by atoms with E-state index < -0.39 is 10.9 Å². The van der Waals surface area contributed by atoms with E-state index in [-0.39, 0.29) is 23.7 Å². The third kappa shape index (κ3) is 8.49. The quantitative estimate of drug-likeness (QED) is 0.145. The van der Waals surface area contributed by atoms with Crippen LogP contribution in [0.2, 0.25) is 0 Å². The molecule has 0 aliphatic heterocycles. The number of non-ortho nitro benzene ring substituents is 1. The zero-order valence-corrected chi connectivity index (χ0v) is 25.3. The molecule has 0 saturated carbocycles. The number of aromatic carboxylic acids is 1. The number of amides is 1. The average Bonchev–Trinajstić information content (AvgIpc) is 3.03. The van der Waals surface area contributed by atoms with Crippen LogP contribution in [0.5, 0.6) is 0 Å². The van der Waals surface area contributed by atoms with E-state index in [9.17, 15) is 24.8 Å². The number of carboxylic acids is 1. The number of carbonyl (C=O) groups excluding carboxylic acids is 1. The number of nitro benzene ring substituents is 1. The van der Waals surface area contributed by atoms with Crippen molar-refractivity contribution in [2.75, 3.05) is 0 Å². The van der Waals surface area contributed by atoms with Crippen molar-refractivity contribution in [1.29, 1.82) is 0 Å². The van der Waals surface area contributed by atoms with Crippen molar-refractivity contribution in [3.8, 4) is 11.1 Å². The summed E-state index contributed by atoms with van der Waals surface area (Å²) in [4.78, 5) is 35.0. The number of carboxylic acid groups (broad SMARTS) is 1. The maximum Gasteiger partial charge on any atom is 0.336 e. The van der Waals surface area contributed by atoms with Crippen LogP contribution >= 0.6 is 0 Å². The van der Waals surface area contributed by atoms with E-state index in [0.717, 1.165) is 51.8 Å². The minimum Gasteiger partial charge on any atom is -0.478 e. The first-order valence-corrected chi connectivity index (χ1v) is 14.3. The predicted molar refractivity (Wildman–Crippen MR) is 172 cm³/mol. The Hall–Kier alpha value is -5.04. The molecule has 43 heavy (non-hydrogen) atoms. The zero-order chi connectivity index (χ0) is 31.5. The van der Waals surface area contributed by atoms with Crippen LogP contribution in [0.1, 0.15) is 77.6 Å². The van der Waals surface area contributed by atoms with Crippen molar-refractivity contribution in [3.63, 3.8) is 0 Å². The number of hydrogen-bond acceptors (Lipinski definition) is 4. The summed E-state index contributed by atoms with van der Waals surface area (Å²) in [6, 6.07) is 26.8. The normalized spacial score (nSPS) is 10.3. The Morgan fingerprint density at radius 2 is 1.42 bits per heavy atom. The summed E-state index contributed by atoms with van der Waals surface area (Å²) >= 11 is 0. The monoisotopic (exact) mass is 578 g/mol. The summed E-state index contributed by atoms with van der Waals surface area (Å²) in [5, 5.41) is 23.3. The maximum absolute atomic E-state index is 13.0. The third-order valence-electron chi connectivity index (χ3n) is 7.23. The van der Waals surface area contributed by atoms with Crippen molar-refractivity contribution in [3.05, 3.63) is 140 Å². The van der Waals surface area contributed by atoms with Gasteiger partial charge in [-0.1, -0.05) is 80.1 Å². The van der Waals surface area contributed by atoms with Crippen molar-refractivity contribution in [1.82, 2.24) is 5.32 Å². The Morgan fingerprint density at radius 1 is 0.791 bits per heavy atom. The number of nitrogens with one attached hydrogen (secondary N) is 1. The minimum atomic E-state index is -0.949. The molecule has 222 valence electrons. The molecule has 0 bridgehead atoms. The van der Waals surface area contributed by atoms with Crippen LogP contribution < -0.4 is 5.32 Å². The van der Waals surface area contributed by atoms with Gasteiger partial charge in [-0.05, 0) is 90.8 Å². The first kappa shape index (κ1) is 32.5. The average molecular weight is 579 g/mol. The van der Waals surface area contributed by atoms with Crippen LogP contribution in [-0.4, -0.2) is 21.9 Å². The highest BCUT2D eigenvalue weighted by molar-refractivity contribution is 5.96. The molecule has 4 aromatic rings. The SMILES string of the molecule is CC.CC(C)=C(C)c1cc(C(=O)NCc2ccc([N+](=O)[O-])cc2)ccc1CCc1ccc(-c2ccccc2C(=O)O)cc1. The molecule has 0 heterocycles. The topological polar surface area (TPSA) is 110 Å². The molecule has 0 aliphatic rings. The van der Waals surface area contributed by atoms with Crippen LogP contribution in [0, 0.1) is 10.1 Å². The summed E-state index contributed by atoms with van der Waals surface area (Å²) in [7, 11) is 0. The Bertz CT molecular complexity index is 1620. The number of nitrogens with zero attached hydrogens (tertiary/aromatic N) is 1. The smallest absolute Gasteiger partial charge is 0.336 e. The number of benzene rings is 4. The van der Waals surface area contributed by atoms with E-state index in [1.807, 2.05) is 82.3 Å². The number of allylic oxidation sites excluding steroid dienone is 2. The van der Waals surface area contributed by atoms with Crippen molar-refractivity contribution >= 4 is 23.1 Å². The van der Waals surface area contributed by atoms with Crippen LogP contribution in [0.15, 0.2) is 96.6 Å². The molecule has 4 rings (SSSR count). The Labute approximate surface area is 253 Å². The number of nitro groups is 1. The van der Waals surface area contributed by atoms with Gasteiger partial charge in [0.05, 0.1) is 10.5 Å². The van der Waals surface area contributed by atoms with E-state index in [1.54, 1.807) is 24.3 Å². The van der Waals surface area contributed by atoms with Gasteiger partial charge in [-0.15, -0.1) is 0 Å². The van der Waals surface area contributed by atoms with E-state index in [4.69, 9.17) is 0 Å². The molecule has 0 unspecified atom stereocenters. The van der Waals surface area contributed by atoms with Crippen LogP contribution in [-0.2, 0) is 19.4 Å². The van der Waals surface area contributed by atoms with Gasteiger partial charge in [-0.2, -0.15) is 0 Å². The molecule has 2 N–H and O–H groups in total. The van der Waals surface area contributed by atoms with Gasteiger partial charge < -0.3 is 10.4 Å². The van der Waals surface area contributed by atoms with Gasteiger partial charge in [0.1, 0.15) is 0 Å². The van der Waals surface area contributed by atoms with Gasteiger partial charge >= 0.3 is 5.97 Å². The Kier molecular flexibility index (Phi) is 11.5. The second-order valence-corrected chi connectivity index (χ2v) is 10.2. The van der Waals surface area contributed by atoms with Crippen molar-refractivity contribution in [2.45, 2.75) is 54.0 Å². The van der Waals surface area contributed by atoms with Crippen molar-refractivity contribution in [2.24, 2.45) is 0 Å². The summed E-state index contributed by atoms with van der Waals surface area (Å²) < 4.78 is 0. The highest BCUT2D eigenvalue weighted by Crippen LogP contribution is 2.27. The lowest BCUT2D eigenvalue weighted by Gasteiger charge is -2.15. The van der Waals surface area contributed by atoms with Gasteiger partial charge in [-0.3, -0.25) is 14.9 Å². The lowest BCUT2D eigenvalue weighted by molar-refractivity contribution is -0.384. The van der Waals surface area contributed by atoms with Crippen LogP contribution in [0.4, 0.5) is 5.69 Å². The van der Waals surface area contributed by atoms with E-state index >= 15 is 0 Å². The number of aryl methyl sites for hydroxylation is 2. The molecule has 0 saturated heterocycles. The fourth-order valence-electron chi connectivity index (χ4n) is 4.63. The molecule has 4 aromatic carbocycles. The maximum atomic E-state index is 13.0. The second-order valence-electron chi connectivity index (χ2n) is 10.2. The largest absolute Gasteiger partial charge is 0.478 e. The third-order valence-corrected chi connectivity index (χ3v) is 7.23. The molecule has 0 aromatic heterocycles. The van der Waals surface area contributed by atoms with Gasteiger partial charge in [0, 0.05) is 24.2 Å². The molecule has 0 aliphatic carbocycles. The fraction of sp³-hybridized carbons (Fsp3) is 0.222. The number of hydrogen-bond donors (Lipinski definition) is 2. The predicted octanol–water partition coefficient (Wildman–Crippen LogP) is 8.51. The molecule has 0 spiro atoms. The molecular formula is C36H38N2O5. The Morgan fingerprint density at radius 3 is 2.02 bits per heavy atom. The van der Waals surface area contributed by atoms with E-state index in [0.29, 0.717) is 11.1 Å². The van der Waals surface area contributed by atoms with E-state index in [1.165, 1.54) is 12.1 Å². The Balaban J connectivity index is 0.00000248. The lowest BCUT2D eigenvalue weighted by atomic mass is 9.91. The summed E-state index contributed by atoms with van der Waals surface area (Å²) in [5.74, 6) is -1.16. The van der Waals surface area contributed by atoms with Crippen LogP contribution in [0.25, 0.3) is 16.7 Å².